The number of likely N-dealkylation sites (tertiary alicyclic amines) is 1. The largest absolute Gasteiger partial charge is 0.431 e. The minimum absolute atomic E-state index is 0.158. The number of sulfonamides is 1. The molecule has 2 N–H and O–H groups in total. The Morgan fingerprint density at radius 1 is 1.17 bits per heavy atom. The lowest BCUT2D eigenvalue weighted by atomic mass is 9.92. The molecule has 1 unspecified atom stereocenters. The van der Waals surface area contributed by atoms with E-state index < -0.39 is 15.3 Å². The Hall–Kier alpha value is -2.00. The van der Waals surface area contributed by atoms with Gasteiger partial charge in [0.25, 0.3) is 5.19 Å². The maximum absolute atomic E-state index is 11.8. The van der Waals surface area contributed by atoms with Crippen LogP contribution in [0, 0.1) is 5.92 Å². The van der Waals surface area contributed by atoms with Gasteiger partial charge in [0.1, 0.15) is 5.75 Å². The summed E-state index contributed by atoms with van der Waals surface area (Å²) in [5.74, 6) is 0.932. The molecule has 8 heteroatoms. The Morgan fingerprint density at radius 3 is 2.50 bits per heavy atom. The monoisotopic (exact) mass is 445 g/mol. The third kappa shape index (κ3) is 5.00. The summed E-state index contributed by atoms with van der Waals surface area (Å²) >= 11 is 1.54. The van der Waals surface area contributed by atoms with Crippen LogP contribution < -0.4 is 9.88 Å². The molecular weight excluding hydrogens is 418 g/mol. The van der Waals surface area contributed by atoms with Crippen molar-refractivity contribution in [2.24, 2.45) is 11.1 Å². The summed E-state index contributed by atoms with van der Waals surface area (Å²) in [6, 6.07) is 16.1. The van der Waals surface area contributed by atoms with Gasteiger partial charge in [0.15, 0.2) is 0 Å². The molecule has 1 fully saturated rings. The maximum Gasteiger partial charge on any atom is 0.279 e. The Labute approximate surface area is 181 Å². The van der Waals surface area contributed by atoms with Crippen LogP contribution in [0.1, 0.15) is 31.7 Å². The molecule has 160 valence electrons. The summed E-state index contributed by atoms with van der Waals surface area (Å²) in [5.41, 5.74) is 2.16. The maximum atomic E-state index is 11.8. The molecule has 0 amide bonds. The zero-order valence-electron chi connectivity index (χ0n) is 17.0. The first-order valence-electron chi connectivity index (χ1n) is 10.3. The van der Waals surface area contributed by atoms with Gasteiger partial charge >= 0.3 is 0 Å². The highest BCUT2D eigenvalue weighted by molar-refractivity contribution is 7.89. The van der Waals surface area contributed by atoms with Crippen molar-refractivity contribution in [2.75, 3.05) is 13.1 Å². The van der Waals surface area contributed by atoms with Crippen LogP contribution in [0.3, 0.4) is 0 Å². The van der Waals surface area contributed by atoms with Crippen molar-refractivity contribution in [3.8, 4) is 10.9 Å². The van der Waals surface area contributed by atoms with Gasteiger partial charge in [-0.15, -0.1) is 0 Å². The zero-order valence-corrected chi connectivity index (χ0v) is 18.7. The van der Waals surface area contributed by atoms with Gasteiger partial charge < -0.3 is 4.74 Å². The van der Waals surface area contributed by atoms with E-state index in [1.807, 2.05) is 43.3 Å². The van der Waals surface area contributed by atoms with Crippen LogP contribution in [-0.4, -0.2) is 36.6 Å². The van der Waals surface area contributed by atoms with E-state index >= 15 is 0 Å². The van der Waals surface area contributed by atoms with Crippen molar-refractivity contribution >= 4 is 31.6 Å². The second-order valence-corrected chi connectivity index (χ2v) is 10.6. The van der Waals surface area contributed by atoms with Crippen LogP contribution in [0.25, 0.3) is 10.2 Å². The summed E-state index contributed by atoms with van der Waals surface area (Å²) in [6.07, 6.45) is 2.32. The van der Waals surface area contributed by atoms with E-state index in [4.69, 9.17) is 9.88 Å². The van der Waals surface area contributed by atoms with Crippen LogP contribution >= 0.6 is 11.3 Å². The lowest BCUT2D eigenvalue weighted by molar-refractivity contribution is 0.173. The van der Waals surface area contributed by atoms with E-state index in [1.54, 1.807) is 0 Å². The number of rotatable bonds is 7. The van der Waals surface area contributed by atoms with Crippen molar-refractivity contribution in [3.05, 3.63) is 54.1 Å². The fraction of sp³-hybridized carbons (Fsp3) is 0.409. The predicted molar refractivity (Wildman–Crippen MR) is 121 cm³/mol. The van der Waals surface area contributed by atoms with Gasteiger partial charge in [-0.05, 0) is 68.1 Å². The highest BCUT2D eigenvalue weighted by Crippen LogP contribution is 2.31. The number of ether oxygens (including phenoxy) is 1. The highest BCUT2D eigenvalue weighted by atomic mass is 32.2. The third-order valence-corrected chi connectivity index (χ3v) is 8.27. The molecule has 0 saturated carbocycles. The number of benzene rings is 2. The molecule has 0 spiro atoms. The SMILES string of the molecule is CCC(C1CCN(Cc2ccc(Oc3nc4ccccc4s3)cc2)CC1)S(N)(=O)=O. The number of primary sulfonamides is 1. The molecule has 1 aliphatic heterocycles. The number of nitrogens with zero attached hydrogens (tertiary/aromatic N) is 2. The average Bonchev–Trinajstić information content (AvgIpc) is 3.12. The van der Waals surface area contributed by atoms with Crippen LogP contribution in [0.5, 0.6) is 10.9 Å². The lowest BCUT2D eigenvalue weighted by Gasteiger charge is -2.35. The first kappa shape index (κ1) is 21.2. The van der Waals surface area contributed by atoms with Gasteiger partial charge in [-0.1, -0.05) is 42.5 Å². The Balaban J connectivity index is 1.32. The molecule has 0 radical (unpaired) electrons. The smallest absolute Gasteiger partial charge is 0.279 e. The minimum Gasteiger partial charge on any atom is -0.431 e. The summed E-state index contributed by atoms with van der Waals surface area (Å²) in [7, 11) is -3.47. The molecule has 2 heterocycles. The first-order chi connectivity index (χ1) is 14.4. The normalized spacial score (nSPS) is 17.3. The van der Waals surface area contributed by atoms with E-state index in [2.05, 4.69) is 22.0 Å². The topological polar surface area (TPSA) is 85.5 Å². The number of nitrogens with two attached hydrogens (primary N) is 1. The second-order valence-electron chi connectivity index (χ2n) is 7.84. The number of aromatic nitrogens is 1. The molecule has 1 atom stereocenters. The fourth-order valence-corrected chi connectivity index (χ4v) is 6.34. The highest BCUT2D eigenvalue weighted by Gasteiger charge is 2.32. The fourth-order valence-electron chi connectivity index (χ4n) is 4.23. The van der Waals surface area contributed by atoms with Crippen LogP contribution in [-0.2, 0) is 16.6 Å². The summed E-state index contributed by atoms with van der Waals surface area (Å²) in [6.45, 7) is 4.53. The van der Waals surface area contributed by atoms with Gasteiger partial charge in [0.05, 0.1) is 15.5 Å². The molecule has 1 aliphatic rings. The number of piperidine rings is 1. The molecule has 3 aromatic rings. The summed E-state index contributed by atoms with van der Waals surface area (Å²) < 4.78 is 30.6. The van der Waals surface area contributed by atoms with E-state index in [9.17, 15) is 8.42 Å². The number of fused-ring (bicyclic) bond motifs is 1. The van der Waals surface area contributed by atoms with Crippen LogP contribution in [0.4, 0.5) is 0 Å². The summed E-state index contributed by atoms with van der Waals surface area (Å²) in [4.78, 5) is 6.88. The Kier molecular flexibility index (Phi) is 6.38. The number of para-hydroxylation sites is 1. The van der Waals surface area contributed by atoms with Crippen LogP contribution in [0.15, 0.2) is 48.5 Å². The minimum atomic E-state index is -3.47. The van der Waals surface area contributed by atoms with E-state index in [0.717, 1.165) is 48.4 Å². The predicted octanol–water partition coefficient (Wildman–Crippen LogP) is 4.37. The molecule has 1 aromatic heterocycles. The molecule has 6 nitrogen and oxygen atoms in total. The molecule has 30 heavy (non-hydrogen) atoms. The van der Waals surface area contributed by atoms with Crippen molar-refractivity contribution in [2.45, 2.75) is 38.0 Å². The van der Waals surface area contributed by atoms with Gasteiger partial charge in [-0.25, -0.2) is 18.5 Å². The van der Waals surface area contributed by atoms with E-state index in [-0.39, 0.29) is 5.92 Å². The number of hydrogen-bond donors (Lipinski definition) is 1. The van der Waals surface area contributed by atoms with Gasteiger partial charge in [-0.3, -0.25) is 4.90 Å². The van der Waals surface area contributed by atoms with Crippen molar-refractivity contribution in [1.82, 2.24) is 9.88 Å². The molecule has 4 rings (SSSR count). The van der Waals surface area contributed by atoms with Gasteiger partial charge in [0, 0.05) is 6.54 Å². The van der Waals surface area contributed by atoms with E-state index in [0.29, 0.717) is 11.6 Å². The van der Waals surface area contributed by atoms with Gasteiger partial charge in [0.2, 0.25) is 10.0 Å². The molecule has 1 saturated heterocycles. The summed E-state index contributed by atoms with van der Waals surface area (Å²) in [5, 5.41) is 5.64. The van der Waals surface area contributed by atoms with Crippen LogP contribution in [0.2, 0.25) is 0 Å². The van der Waals surface area contributed by atoms with Crippen molar-refractivity contribution in [1.29, 1.82) is 0 Å². The van der Waals surface area contributed by atoms with Crippen molar-refractivity contribution in [3.63, 3.8) is 0 Å². The quantitative estimate of drug-likeness (QED) is 0.584. The standard InChI is InChI=1S/C22H27N3O3S2/c1-2-21(30(23,26)27)17-11-13-25(14-12-17)15-16-7-9-18(10-8-16)28-22-24-19-5-3-4-6-20(19)29-22/h3-10,17,21H,2,11-15H2,1H3,(H2,23,26,27). The molecule has 2 aromatic carbocycles. The second kappa shape index (κ2) is 9.01. The molecular formula is C22H27N3O3S2. The first-order valence-corrected chi connectivity index (χ1v) is 12.7. The van der Waals surface area contributed by atoms with Gasteiger partial charge in [-0.2, -0.15) is 0 Å². The Bertz CT molecular complexity index is 1060. The van der Waals surface area contributed by atoms with Crippen molar-refractivity contribution < 1.29 is 13.2 Å². The lowest BCUT2D eigenvalue weighted by Crippen LogP contribution is -2.42. The molecule has 0 aliphatic carbocycles. The number of hydrogen-bond acceptors (Lipinski definition) is 6. The third-order valence-electron chi connectivity index (χ3n) is 5.79. The molecule has 0 bridgehead atoms. The zero-order chi connectivity index (χ0) is 21.1. The average molecular weight is 446 g/mol. The van der Waals surface area contributed by atoms with E-state index in [1.165, 1.54) is 16.9 Å². The Morgan fingerprint density at radius 2 is 1.87 bits per heavy atom. The number of thiazole rings is 1.